The van der Waals surface area contributed by atoms with Crippen LogP contribution >= 0.6 is 0 Å². The number of fused-ring (bicyclic) bond motifs is 2. The van der Waals surface area contributed by atoms with Gasteiger partial charge >= 0.3 is 6.18 Å². The Morgan fingerprint density at radius 1 is 1.09 bits per heavy atom. The molecule has 2 aliphatic heterocycles. The lowest BCUT2D eigenvalue weighted by Crippen LogP contribution is -2.61. The first-order valence-corrected chi connectivity index (χ1v) is 11.6. The summed E-state index contributed by atoms with van der Waals surface area (Å²) in [4.78, 5) is 16.2. The van der Waals surface area contributed by atoms with E-state index in [1.807, 2.05) is 30.3 Å². The summed E-state index contributed by atoms with van der Waals surface area (Å²) in [6.07, 6.45) is 0.871. The van der Waals surface area contributed by atoms with Crippen LogP contribution in [0.25, 0.3) is 0 Å². The molecule has 1 amide bonds. The number of amides is 1. The molecule has 33 heavy (non-hydrogen) atoms. The average Bonchev–Trinajstić information content (AvgIpc) is 3.60. The molecule has 1 saturated carbocycles. The van der Waals surface area contributed by atoms with Gasteiger partial charge in [-0.25, -0.2) is 0 Å². The maximum Gasteiger partial charge on any atom is 0.416 e. The maximum atomic E-state index is 13.9. The highest BCUT2D eigenvalue weighted by molar-refractivity contribution is 5.99. The smallest absolute Gasteiger partial charge is 0.416 e. The van der Waals surface area contributed by atoms with Crippen LogP contribution in [0.4, 0.5) is 13.2 Å². The molecule has 2 saturated heterocycles. The van der Waals surface area contributed by atoms with E-state index >= 15 is 0 Å². The van der Waals surface area contributed by atoms with E-state index in [2.05, 4.69) is 17.3 Å². The van der Waals surface area contributed by atoms with Crippen LogP contribution in [0.3, 0.4) is 0 Å². The third-order valence-corrected chi connectivity index (χ3v) is 7.83. The van der Waals surface area contributed by atoms with Crippen molar-refractivity contribution in [2.75, 3.05) is 14.2 Å². The van der Waals surface area contributed by atoms with Crippen LogP contribution in [-0.4, -0.2) is 37.0 Å². The fourth-order valence-corrected chi connectivity index (χ4v) is 5.99. The molecule has 0 aromatic heterocycles. The predicted octanol–water partition coefficient (Wildman–Crippen LogP) is 5.47. The molecular formula is C26H29F3N2O2. The summed E-state index contributed by atoms with van der Waals surface area (Å²) in [6.45, 7) is 0. The second-order valence-electron chi connectivity index (χ2n) is 9.66. The molecule has 2 aromatic carbocycles. The van der Waals surface area contributed by atoms with Gasteiger partial charge in [-0.15, -0.1) is 0 Å². The molecular weight excluding hydrogens is 429 g/mol. The number of rotatable bonds is 5. The quantitative estimate of drug-likeness (QED) is 0.646. The standard InChI is InChI=1S/C26H29F3N2O2/c1-31-19-10-11-22(31)25(13-12-19,17-6-4-3-5-7-17)30-24(32)23-20(16-8-9-16)14-18(26(27,28)29)15-21(23)33-2/h3-7,14-16,19,22H,8-13H2,1-2H3,(H,30,32). The van der Waals surface area contributed by atoms with Gasteiger partial charge in [0.25, 0.3) is 5.91 Å². The van der Waals surface area contributed by atoms with Gasteiger partial charge in [-0.3, -0.25) is 9.69 Å². The molecule has 3 aliphatic rings. The first-order chi connectivity index (χ1) is 15.7. The van der Waals surface area contributed by atoms with Gasteiger partial charge < -0.3 is 10.1 Å². The van der Waals surface area contributed by atoms with Crippen LogP contribution in [0.5, 0.6) is 5.75 Å². The van der Waals surface area contributed by atoms with Crippen molar-refractivity contribution >= 4 is 5.91 Å². The number of hydrogen-bond donors (Lipinski definition) is 1. The van der Waals surface area contributed by atoms with Gasteiger partial charge in [-0.1, -0.05) is 30.3 Å². The van der Waals surface area contributed by atoms with E-state index in [1.165, 1.54) is 7.11 Å². The molecule has 2 heterocycles. The van der Waals surface area contributed by atoms with Crippen molar-refractivity contribution in [2.45, 2.75) is 68.2 Å². The van der Waals surface area contributed by atoms with Crippen molar-refractivity contribution in [3.05, 3.63) is 64.7 Å². The Balaban J connectivity index is 1.59. The summed E-state index contributed by atoms with van der Waals surface area (Å²) >= 11 is 0. The SMILES string of the molecule is COc1cc(C(F)(F)F)cc(C2CC2)c1C(=O)NC1(c2ccccc2)CCC2CCC1N2C. The van der Waals surface area contributed by atoms with E-state index in [-0.39, 0.29) is 29.2 Å². The highest BCUT2D eigenvalue weighted by Gasteiger charge is 2.52. The number of ether oxygens (including phenoxy) is 1. The van der Waals surface area contributed by atoms with Crippen LogP contribution in [0.2, 0.25) is 0 Å². The predicted molar refractivity (Wildman–Crippen MR) is 119 cm³/mol. The lowest BCUT2D eigenvalue weighted by atomic mass is 9.76. The lowest BCUT2D eigenvalue weighted by Gasteiger charge is -2.48. The number of carbonyl (C=O) groups is 1. The number of methoxy groups -OCH3 is 1. The van der Waals surface area contributed by atoms with Gasteiger partial charge in [0.2, 0.25) is 0 Å². The normalized spacial score (nSPS) is 27.4. The summed E-state index contributed by atoms with van der Waals surface area (Å²) in [5.41, 5.74) is 0.345. The van der Waals surface area contributed by atoms with Crippen LogP contribution in [0.15, 0.2) is 42.5 Å². The number of benzene rings is 2. The third kappa shape index (κ3) is 3.80. The number of likely N-dealkylation sites (N-methyl/N-ethyl adjacent to an activating group) is 1. The molecule has 3 fully saturated rings. The van der Waals surface area contributed by atoms with Gasteiger partial charge in [0.05, 0.1) is 23.8 Å². The zero-order chi connectivity index (χ0) is 23.4. The van der Waals surface area contributed by atoms with E-state index in [1.54, 1.807) is 0 Å². The molecule has 2 bridgehead atoms. The fraction of sp³-hybridized carbons (Fsp3) is 0.500. The second-order valence-corrected chi connectivity index (χ2v) is 9.66. The number of hydrogen-bond acceptors (Lipinski definition) is 3. The van der Waals surface area contributed by atoms with Crippen molar-refractivity contribution in [2.24, 2.45) is 0 Å². The molecule has 0 radical (unpaired) electrons. The highest BCUT2D eigenvalue weighted by Crippen LogP contribution is 2.49. The molecule has 3 unspecified atom stereocenters. The van der Waals surface area contributed by atoms with Gasteiger partial charge in [-0.05, 0) is 74.8 Å². The van der Waals surface area contributed by atoms with Crippen molar-refractivity contribution in [3.8, 4) is 5.75 Å². The van der Waals surface area contributed by atoms with Gasteiger partial charge in [0.15, 0.2) is 0 Å². The molecule has 4 nitrogen and oxygen atoms in total. The summed E-state index contributed by atoms with van der Waals surface area (Å²) in [5, 5.41) is 3.34. The Hall–Kier alpha value is -2.54. The maximum absolute atomic E-state index is 13.9. The third-order valence-electron chi connectivity index (χ3n) is 7.83. The number of halogens is 3. The van der Waals surface area contributed by atoms with Crippen LogP contribution in [0, 0.1) is 0 Å². The second kappa shape index (κ2) is 8.05. The molecule has 2 aromatic rings. The van der Waals surface area contributed by atoms with Gasteiger partial charge in [0, 0.05) is 12.1 Å². The zero-order valence-electron chi connectivity index (χ0n) is 18.9. The first-order valence-electron chi connectivity index (χ1n) is 11.6. The van der Waals surface area contributed by atoms with Crippen LogP contribution in [0.1, 0.15) is 71.5 Å². The molecule has 1 N–H and O–H groups in total. The molecule has 0 spiro atoms. The van der Waals surface area contributed by atoms with Crippen LogP contribution < -0.4 is 10.1 Å². The summed E-state index contributed by atoms with van der Waals surface area (Å²) in [7, 11) is 3.44. The summed E-state index contributed by atoms with van der Waals surface area (Å²) in [6, 6.07) is 12.7. The van der Waals surface area contributed by atoms with Crippen LogP contribution in [-0.2, 0) is 11.7 Å². The monoisotopic (exact) mass is 458 g/mol. The molecule has 5 rings (SSSR count). The van der Waals surface area contributed by atoms with E-state index < -0.39 is 17.3 Å². The Morgan fingerprint density at radius 3 is 2.45 bits per heavy atom. The first kappa shape index (κ1) is 22.3. The number of alkyl halides is 3. The number of carbonyl (C=O) groups excluding carboxylic acids is 1. The van der Waals surface area contributed by atoms with E-state index in [0.717, 1.165) is 56.2 Å². The average molecular weight is 459 g/mol. The van der Waals surface area contributed by atoms with E-state index in [0.29, 0.717) is 11.6 Å². The number of nitrogens with zero attached hydrogens (tertiary/aromatic N) is 1. The molecule has 1 aliphatic carbocycles. The Bertz CT molecular complexity index is 1050. The van der Waals surface area contributed by atoms with Gasteiger partial charge in [-0.2, -0.15) is 13.2 Å². The topological polar surface area (TPSA) is 41.6 Å². The highest BCUT2D eigenvalue weighted by atomic mass is 19.4. The Morgan fingerprint density at radius 2 is 1.82 bits per heavy atom. The van der Waals surface area contributed by atoms with Crippen molar-refractivity contribution in [3.63, 3.8) is 0 Å². The summed E-state index contributed by atoms with van der Waals surface area (Å²) in [5.74, 6) is -0.412. The molecule has 7 heteroatoms. The lowest BCUT2D eigenvalue weighted by molar-refractivity contribution is -0.137. The van der Waals surface area contributed by atoms with E-state index in [4.69, 9.17) is 4.74 Å². The van der Waals surface area contributed by atoms with E-state index in [9.17, 15) is 18.0 Å². The zero-order valence-corrected chi connectivity index (χ0v) is 18.9. The Kier molecular flexibility index (Phi) is 5.43. The fourth-order valence-electron chi connectivity index (χ4n) is 5.99. The minimum Gasteiger partial charge on any atom is -0.496 e. The van der Waals surface area contributed by atoms with Crippen molar-refractivity contribution in [1.29, 1.82) is 0 Å². The minimum atomic E-state index is -4.50. The van der Waals surface area contributed by atoms with Crippen molar-refractivity contribution < 1.29 is 22.7 Å². The van der Waals surface area contributed by atoms with Crippen molar-refractivity contribution in [1.82, 2.24) is 10.2 Å². The van der Waals surface area contributed by atoms with Gasteiger partial charge in [0.1, 0.15) is 5.75 Å². The molecule has 176 valence electrons. The number of piperidine rings is 1. The largest absolute Gasteiger partial charge is 0.496 e. The number of nitrogens with one attached hydrogen (secondary N) is 1. The Labute approximate surface area is 192 Å². The summed E-state index contributed by atoms with van der Waals surface area (Å²) < 4.78 is 46.0. The molecule has 3 atom stereocenters. The minimum absolute atomic E-state index is 0.0131.